The quantitative estimate of drug-likeness (QED) is 0.515. The van der Waals surface area contributed by atoms with Gasteiger partial charge < -0.3 is 19.9 Å². The maximum Gasteiger partial charge on any atom is 0.264 e. The Morgan fingerprint density at radius 2 is 1.91 bits per heavy atom. The summed E-state index contributed by atoms with van der Waals surface area (Å²) in [5.74, 6) is 0.571. The number of thioether (sulfide) groups is 1. The van der Waals surface area contributed by atoms with Gasteiger partial charge in [-0.1, -0.05) is 44.2 Å². The van der Waals surface area contributed by atoms with Crippen LogP contribution in [0.2, 0.25) is 0 Å². The second-order valence-electron chi connectivity index (χ2n) is 7.97. The molecule has 0 saturated carbocycles. The third-order valence-corrected chi connectivity index (χ3v) is 6.80. The van der Waals surface area contributed by atoms with Crippen LogP contribution in [0.1, 0.15) is 42.6 Å². The fraction of sp³-hybridized carbons (Fsp3) is 0.385. The molecule has 0 bridgehead atoms. The average molecular weight is 468 g/mol. The molecule has 6 nitrogen and oxygen atoms in total. The van der Waals surface area contributed by atoms with Crippen molar-refractivity contribution in [1.29, 1.82) is 0 Å². The first kappa shape index (κ1) is 24.9. The number of amides is 2. The third kappa shape index (κ3) is 6.39. The lowest BCUT2D eigenvalue weighted by atomic mass is 10.1. The Kier molecular flexibility index (Phi) is 8.97. The van der Waals surface area contributed by atoms with Crippen molar-refractivity contribution in [3.8, 4) is 5.75 Å². The largest absolute Gasteiger partial charge is 0.497 e. The molecular formula is C26H33N3O3S. The second-order valence-corrected chi connectivity index (χ2v) is 9.06. The number of fused-ring (bicyclic) bond motifs is 1. The normalized spacial score (nSPS) is 14.5. The van der Waals surface area contributed by atoms with E-state index in [4.69, 9.17) is 4.74 Å². The Morgan fingerprint density at radius 1 is 1.15 bits per heavy atom. The zero-order valence-corrected chi connectivity index (χ0v) is 20.7. The number of rotatable bonds is 10. The van der Waals surface area contributed by atoms with Crippen molar-refractivity contribution in [2.75, 3.05) is 45.2 Å². The highest BCUT2D eigenvalue weighted by molar-refractivity contribution is 8.04. The summed E-state index contributed by atoms with van der Waals surface area (Å²) >= 11 is 1.43. The minimum atomic E-state index is -0.116. The van der Waals surface area contributed by atoms with Gasteiger partial charge in [-0.2, -0.15) is 0 Å². The van der Waals surface area contributed by atoms with Crippen molar-refractivity contribution in [2.24, 2.45) is 0 Å². The van der Waals surface area contributed by atoms with E-state index in [0.29, 0.717) is 17.0 Å². The minimum Gasteiger partial charge on any atom is -0.497 e. The second kappa shape index (κ2) is 11.9. The van der Waals surface area contributed by atoms with Crippen molar-refractivity contribution in [1.82, 2.24) is 10.2 Å². The Bertz CT molecular complexity index is 1000. The summed E-state index contributed by atoms with van der Waals surface area (Å²) in [5.41, 5.74) is 2.25. The molecule has 0 saturated heterocycles. The number of ether oxygens (including phenoxy) is 1. The topological polar surface area (TPSA) is 61.9 Å². The van der Waals surface area contributed by atoms with Crippen LogP contribution in [-0.2, 0) is 4.79 Å². The predicted molar refractivity (Wildman–Crippen MR) is 136 cm³/mol. The Balaban J connectivity index is 1.68. The molecule has 1 aliphatic rings. The van der Waals surface area contributed by atoms with Crippen LogP contribution in [0.4, 0.5) is 5.69 Å². The van der Waals surface area contributed by atoms with Crippen LogP contribution in [-0.4, -0.2) is 57.1 Å². The first-order valence-electron chi connectivity index (χ1n) is 11.4. The number of hydrogen-bond acceptors (Lipinski definition) is 5. The Morgan fingerprint density at radius 3 is 2.58 bits per heavy atom. The lowest BCUT2D eigenvalue weighted by Gasteiger charge is -2.27. The van der Waals surface area contributed by atoms with Crippen molar-refractivity contribution >= 4 is 35.3 Å². The van der Waals surface area contributed by atoms with Crippen molar-refractivity contribution < 1.29 is 14.3 Å². The maximum absolute atomic E-state index is 13.0. The van der Waals surface area contributed by atoms with Gasteiger partial charge in [-0.15, -0.1) is 0 Å². The van der Waals surface area contributed by atoms with E-state index >= 15 is 0 Å². The van der Waals surface area contributed by atoms with Gasteiger partial charge in [0.1, 0.15) is 5.75 Å². The van der Waals surface area contributed by atoms with Crippen LogP contribution in [0.15, 0.2) is 52.3 Å². The first-order valence-corrected chi connectivity index (χ1v) is 12.2. The van der Waals surface area contributed by atoms with Crippen LogP contribution < -0.4 is 15.0 Å². The van der Waals surface area contributed by atoms with Gasteiger partial charge in [0.25, 0.3) is 11.8 Å². The van der Waals surface area contributed by atoms with E-state index in [2.05, 4.69) is 24.1 Å². The summed E-state index contributed by atoms with van der Waals surface area (Å²) in [6.07, 6.45) is 4.21. The van der Waals surface area contributed by atoms with Gasteiger partial charge in [0.2, 0.25) is 0 Å². The highest BCUT2D eigenvalue weighted by Crippen LogP contribution is 2.42. The number of likely N-dealkylation sites (N-methyl/N-ethyl adjacent to an activating group) is 2. The molecule has 0 unspecified atom stereocenters. The van der Waals surface area contributed by atoms with Crippen molar-refractivity contribution in [3.63, 3.8) is 0 Å². The number of unbranched alkanes of at least 4 members (excludes halogenated alkanes) is 1. The number of nitrogens with one attached hydrogen (secondary N) is 1. The lowest BCUT2D eigenvalue weighted by molar-refractivity contribution is -0.114. The molecule has 0 spiro atoms. The SMILES string of the molecule is CCCCN(CC)CCNC(=O)c1ccc2c(c1)N(C)C(=O)C(=Cc1ccc(OC)cc1)S2. The molecule has 3 rings (SSSR count). The number of nitrogens with zero attached hydrogens (tertiary/aromatic N) is 2. The highest BCUT2D eigenvalue weighted by Gasteiger charge is 2.27. The summed E-state index contributed by atoms with van der Waals surface area (Å²) in [7, 11) is 3.37. The van der Waals surface area contributed by atoms with Gasteiger partial charge >= 0.3 is 0 Å². The fourth-order valence-corrected chi connectivity index (χ4v) is 4.72. The monoisotopic (exact) mass is 467 g/mol. The molecule has 0 aromatic heterocycles. The molecule has 0 aliphatic carbocycles. The molecule has 0 atom stereocenters. The van der Waals surface area contributed by atoms with Crippen LogP contribution in [0.5, 0.6) is 5.75 Å². The number of carbonyl (C=O) groups excluding carboxylic acids is 2. The molecule has 33 heavy (non-hydrogen) atoms. The number of anilines is 1. The predicted octanol–water partition coefficient (Wildman–Crippen LogP) is 4.66. The van der Waals surface area contributed by atoms with Crippen LogP contribution in [0, 0.1) is 0 Å². The molecule has 7 heteroatoms. The van der Waals surface area contributed by atoms with Gasteiger partial charge in [-0.05, 0) is 61.5 Å². The van der Waals surface area contributed by atoms with Gasteiger partial charge in [-0.25, -0.2) is 0 Å². The Hall–Kier alpha value is -2.77. The molecule has 2 aromatic rings. The van der Waals surface area contributed by atoms with E-state index < -0.39 is 0 Å². The van der Waals surface area contributed by atoms with Crippen LogP contribution >= 0.6 is 11.8 Å². The Labute approximate surface area is 201 Å². The molecule has 2 aromatic carbocycles. The van der Waals surface area contributed by atoms with Gasteiger partial charge in [0.05, 0.1) is 17.7 Å². The van der Waals surface area contributed by atoms with Crippen LogP contribution in [0.25, 0.3) is 6.08 Å². The molecule has 1 aliphatic heterocycles. The van der Waals surface area contributed by atoms with E-state index in [1.54, 1.807) is 25.1 Å². The van der Waals surface area contributed by atoms with Gasteiger partial charge in [0, 0.05) is 30.6 Å². The number of hydrogen-bond donors (Lipinski definition) is 1. The van der Waals surface area contributed by atoms with Crippen LogP contribution in [0.3, 0.4) is 0 Å². The molecule has 176 valence electrons. The lowest BCUT2D eigenvalue weighted by Crippen LogP contribution is -2.35. The van der Waals surface area contributed by atoms with E-state index in [1.165, 1.54) is 24.6 Å². The van der Waals surface area contributed by atoms with Gasteiger partial charge in [0.15, 0.2) is 0 Å². The van der Waals surface area contributed by atoms with E-state index in [0.717, 1.165) is 41.5 Å². The van der Waals surface area contributed by atoms with E-state index in [9.17, 15) is 9.59 Å². The third-order valence-electron chi connectivity index (χ3n) is 5.72. The zero-order valence-electron chi connectivity index (χ0n) is 19.9. The van der Waals surface area contributed by atoms with Gasteiger partial charge in [-0.3, -0.25) is 9.59 Å². The van der Waals surface area contributed by atoms with E-state index in [1.807, 2.05) is 42.5 Å². The van der Waals surface area contributed by atoms with Crippen molar-refractivity contribution in [3.05, 3.63) is 58.5 Å². The molecule has 1 N–H and O–H groups in total. The summed E-state index contributed by atoms with van der Waals surface area (Å²) < 4.78 is 5.20. The van der Waals surface area contributed by atoms with Crippen molar-refractivity contribution in [2.45, 2.75) is 31.6 Å². The smallest absolute Gasteiger partial charge is 0.264 e. The first-order chi connectivity index (χ1) is 16.0. The number of carbonyl (C=O) groups is 2. The summed E-state index contributed by atoms with van der Waals surface area (Å²) in [5, 5.41) is 3.01. The molecule has 2 amide bonds. The summed E-state index contributed by atoms with van der Waals surface area (Å²) in [6, 6.07) is 13.1. The fourth-order valence-electron chi connectivity index (χ4n) is 3.63. The molecule has 0 fully saturated rings. The number of methoxy groups -OCH3 is 1. The maximum atomic E-state index is 13.0. The average Bonchev–Trinajstić information content (AvgIpc) is 2.84. The molecule has 1 heterocycles. The standard InChI is InChI=1S/C26H33N3O3S/c1-5-7-15-29(6-2)16-14-27-25(30)20-10-13-23-22(18-20)28(3)26(31)24(33-23)17-19-8-11-21(32-4)12-9-19/h8-13,17-18H,5-7,14-16H2,1-4H3,(H,27,30). The molecule has 0 radical (unpaired) electrons. The zero-order chi connectivity index (χ0) is 23.8. The minimum absolute atomic E-state index is 0.0876. The highest BCUT2D eigenvalue weighted by atomic mass is 32.2. The molecular weight excluding hydrogens is 434 g/mol. The number of benzene rings is 2. The summed E-state index contributed by atoms with van der Waals surface area (Å²) in [4.78, 5) is 31.2. The van der Waals surface area contributed by atoms with E-state index in [-0.39, 0.29) is 11.8 Å². The summed E-state index contributed by atoms with van der Waals surface area (Å²) in [6.45, 7) is 7.79.